The molecular weight excluding hydrogens is 264 g/mol. The number of rotatable bonds is 7. The first-order valence-corrected chi connectivity index (χ1v) is 8.22. The van der Waals surface area contributed by atoms with Gasteiger partial charge in [0.1, 0.15) is 15.6 Å². The number of ether oxygens (including phenoxy) is 1. The third-order valence-electron chi connectivity index (χ3n) is 2.97. The molecule has 0 saturated heterocycles. The number of nitrogens with two attached hydrogens (primary N) is 1. The quantitative estimate of drug-likeness (QED) is 0.584. The molecule has 1 unspecified atom stereocenters. The number of hydrogen-bond donors (Lipinski definition) is 2. The van der Waals surface area contributed by atoms with Gasteiger partial charge in [-0.15, -0.1) is 0 Å². The van der Waals surface area contributed by atoms with Gasteiger partial charge in [0.2, 0.25) is 0 Å². The van der Waals surface area contributed by atoms with E-state index in [2.05, 4.69) is 5.43 Å². The Morgan fingerprint density at radius 2 is 2.11 bits per heavy atom. The second kappa shape index (κ2) is 6.88. The maximum Gasteiger partial charge on any atom is 0.147 e. The summed E-state index contributed by atoms with van der Waals surface area (Å²) in [6.07, 6.45) is 2.44. The summed E-state index contributed by atoms with van der Waals surface area (Å²) in [6.45, 7) is 1.99. The molecule has 3 N–H and O–H groups in total. The lowest BCUT2D eigenvalue weighted by Gasteiger charge is -2.19. The van der Waals surface area contributed by atoms with Gasteiger partial charge in [0.25, 0.3) is 0 Å². The first kappa shape index (κ1) is 15.9. The van der Waals surface area contributed by atoms with Crippen LogP contribution >= 0.6 is 0 Å². The highest BCUT2D eigenvalue weighted by Gasteiger charge is 2.15. The van der Waals surface area contributed by atoms with Gasteiger partial charge in [-0.25, -0.2) is 8.42 Å². The molecule has 0 spiro atoms. The summed E-state index contributed by atoms with van der Waals surface area (Å²) >= 11 is 0. The van der Waals surface area contributed by atoms with Crippen molar-refractivity contribution < 1.29 is 13.2 Å². The van der Waals surface area contributed by atoms with Crippen molar-refractivity contribution in [2.24, 2.45) is 5.84 Å². The molecule has 1 aromatic carbocycles. The normalized spacial score (nSPS) is 13.3. The van der Waals surface area contributed by atoms with Gasteiger partial charge >= 0.3 is 0 Å². The zero-order valence-electron chi connectivity index (χ0n) is 11.6. The summed E-state index contributed by atoms with van der Waals surface area (Å²) in [7, 11) is -1.32. The van der Waals surface area contributed by atoms with Gasteiger partial charge in [-0.3, -0.25) is 11.3 Å². The summed E-state index contributed by atoms with van der Waals surface area (Å²) < 4.78 is 27.6. The molecule has 5 nitrogen and oxygen atoms in total. The number of nitrogens with one attached hydrogen (secondary N) is 1. The first-order chi connectivity index (χ1) is 8.87. The van der Waals surface area contributed by atoms with E-state index in [9.17, 15) is 8.42 Å². The maximum absolute atomic E-state index is 11.1. The fourth-order valence-corrected chi connectivity index (χ4v) is 2.68. The average molecular weight is 286 g/mol. The highest BCUT2D eigenvalue weighted by molar-refractivity contribution is 7.90. The Hall–Kier alpha value is -1.11. The van der Waals surface area contributed by atoms with Crippen molar-refractivity contribution in [1.82, 2.24) is 5.43 Å². The third kappa shape index (κ3) is 5.18. The minimum atomic E-state index is -2.93. The van der Waals surface area contributed by atoms with E-state index in [1.807, 2.05) is 25.1 Å². The smallest absolute Gasteiger partial charge is 0.147 e. The van der Waals surface area contributed by atoms with Crippen LogP contribution in [0.2, 0.25) is 0 Å². The Labute approximate surface area is 115 Å². The van der Waals surface area contributed by atoms with Crippen LogP contribution < -0.4 is 16.0 Å². The molecule has 0 fully saturated rings. The zero-order chi connectivity index (χ0) is 14.5. The van der Waals surface area contributed by atoms with Crippen LogP contribution in [-0.4, -0.2) is 27.5 Å². The summed E-state index contributed by atoms with van der Waals surface area (Å²) in [5.41, 5.74) is 4.78. The van der Waals surface area contributed by atoms with Crippen molar-refractivity contribution in [3.63, 3.8) is 0 Å². The molecule has 0 bridgehead atoms. The van der Waals surface area contributed by atoms with E-state index in [-0.39, 0.29) is 11.8 Å². The van der Waals surface area contributed by atoms with Crippen LogP contribution in [0.15, 0.2) is 18.2 Å². The second-order valence-corrected chi connectivity index (χ2v) is 7.00. The molecular formula is C13H22N2O3S. The number of aryl methyl sites for hydroxylation is 1. The van der Waals surface area contributed by atoms with Gasteiger partial charge in [-0.1, -0.05) is 12.1 Å². The van der Waals surface area contributed by atoms with Crippen LogP contribution in [-0.2, 0) is 9.84 Å². The molecule has 1 aromatic rings. The molecule has 0 aliphatic carbocycles. The van der Waals surface area contributed by atoms with Crippen LogP contribution in [0.3, 0.4) is 0 Å². The fraction of sp³-hybridized carbons (Fsp3) is 0.538. The van der Waals surface area contributed by atoms with Crippen LogP contribution in [0, 0.1) is 6.92 Å². The largest absolute Gasteiger partial charge is 0.496 e. The van der Waals surface area contributed by atoms with Gasteiger partial charge in [0.15, 0.2) is 0 Å². The van der Waals surface area contributed by atoms with Crippen LogP contribution in [0.1, 0.15) is 30.0 Å². The predicted molar refractivity (Wildman–Crippen MR) is 76.7 cm³/mol. The van der Waals surface area contributed by atoms with Crippen molar-refractivity contribution in [2.75, 3.05) is 19.1 Å². The second-order valence-electron chi connectivity index (χ2n) is 4.74. The summed E-state index contributed by atoms with van der Waals surface area (Å²) in [5, 5.41) is 0. The molecule has 0 aliphatic heterocycles. The van der Waals surface area contributed by atoms with E-state index in [0.717, 1.165) is 16.9 Å². The molecule has 6 heteroatoms. The fourth-order valence-electron chi connectivity index (χ4n) is 1.98. The van der Waals surface area contributed by atoms with Crippen LogP contribution in [0.5, 0.6) is 5.75 Å². The Bertz CT molecular complexity index is 515. The van der Waals surface area contributed by atoms with Crippen molar-refractivity contribution in [1.29, 1.82) is 0 Å². The van der Waals surface area contributed by atoms with E-state index in [1.165, 1.54) is 6.26 Å². The first-order valence-electron chi connectivity index (χ1n) is 6.15. The molecule has 19 heavy (non-hydrogen) atoms. The minimum Gasteiger partial charge on any atom is -0.496 e. The highest BCUT2D eigenvalue weighted by Crippen LogP contribution is 2.28. The minimum absolute atomic E-state index is 0.114. The van der Waals surface area contributed by atoms with Gasteiger partial charge in [0, 0.05) is 23.6 Å². The lowest BCUT2D eigenvalue weighted by molar-refractivity contribution is 0.395. The van der Waals surface area contributed by atoms with Gasteiger partial charge in [0.05, 0.1) is 7.11 Å². The van der Waals surface area contributed by atoms with Gasteiger partial charge < -0.3 is 4.74 Å². The Balaban J connectivity index is 2.79. The number of hydrazine groups is 1. The monoisotopic (exact) mass is 286 g/mol. The van der Waals surface area contributed by atoms with Crippen LogP contribution in [0.25, 0.3) is 0 Å². The number of methoxy groups -OCH3 is 1. The number of benzene rings is 1. The molecule has 0 amide bonds. The van der Waals surface area contributed by atoms with Crippen molar-refractivity contribution >= 4 is 9.84 Å². The molecule has 0 heterocycles. The van der Waals surface area contributed by atoms with Crippen molar-refractivity contribution in [3.8, 4) is 5.75 Å². The summed E-state index contributed by atoms with van der Waals surface area (Å²) in [5.74, 6) is 6.49. The van der Waals surface area contributed by atoms with Gasteiger partial charge in [-0.2, -0.15) is 0 Å². The molecule has 0 aromatic heterocycles. The summed E-state index contributed by atoms with van der Waals surface area (Å²) in [4.78, 5) is 0. The molecule has 108 valence electrons. The van der Waals surface area contributed by atoms with E-state index in [0.29, 0.717) is 12.8 Å². The predicted octanol–water partition coefficient (Wildman–Crippen LogP) is 1.33. The molecule has 0 saturated carbocycles. The van der Waals surface area contributed by atoms with Crippen molar-refractivity contribution in [3.05, 3.63) is 29.3 Å². The number of hydrogen-bond acceptors (Lipinski definition) is 5. The third-order valence-corrected chi connectivity index (χ3v) is 4.00. The van der Waals surface area contributed by atoms with Crippen LogP contribution in [0.4, 0.5) is 0 Å². The van der Waals surface area contributed by atoms with E-state index < -0.39 is 9.84 Å². The lowest BCUT2D eigenvalue weighted by atomic mass is 10.0. The topological polar surface area (TPSA) is 81.4 Å². The standard InChI is InChI=1S/C13H22N2O3S/c1-10-6-7-11(13(9-10)18-2)12(15-14)5-4-8-19(3,16)17/h6-7,9,12,15H,4-5,8,14H2,1-3H3. The van der Waals surface area contributed by atoms with Gasteiger partial charge in [-0.05, 0) is 31.4 Å². The highest BCUT2D eigenvalue weighted by atomic mass is 32.2. The SMILES string of the molecule is COc1cc(C)ccc1C(CCCS(C)(=O)=O)NN. The number of sulfone groups is 1. The summed E-state index contributed by atoms with van der Waals surface area (Å²) in [6, 6.07) is 5.77. The van der Waals surface area contributed by atoms with E-state index in [4.69, 9.17) is 10.6 Å². The van der Waals surface area contributed by atoms with Crippen molar-refractivity contribution in [2.45, 2.75) is 25.8 Å². The average Bonchev–Trinajstić information content (AvgIpc) is 2.34. The lowest BCUT2D eigenvalue weighted by Crippen LogP contribution is -2.28. The zero-order valence-corrected chi connectivity index (χ0v) is 12.5. The molecule has 1 atom stereocenters. The maximum atomic E-state index is 11.1. The van der Waals surface area contributed by atoms with E-state index >= 15 is 0 Å². The Morgan fingerprint density at radius 3 is 2.63 bits per heavy atom. The molecule has 0 aliphatic rings. The molecule has 0 radical (unpaired) electrons. The molecule has 1 rings (SSSR count). The Morgan fingerprint density at radius 1 is 1.42 bits per heavy atom. The van der Waals surface area contributed by atoms with E-state index in [1.54, 1.807) is 7.11 Å². The Kier molecular flexibility index (Phi) is 5.78.